The SMILES string of the molecule is CCc1ccc(C(Br)Cc2cccc(F)c2F)cc1. The molecule has 2 aromatic carbocycles. The monoisotopic (exact) mass is 324 g/mol. The van der Waals surface area contributed by atoms with Crippen molar-refractivity contribution in [3.05, 3.63) is 70.8 Å². The Balaban J connectivity index is 2.15. The molecule has 0 nitrogen and oxygen atoms in total. The molecule has 0 aliphatic rings. The zero-order valence-corrected chi connectivity index (χ0v) is 12.3. The lowest BCUT2D eigenvalue weighted by molar-refractivity contribution is 0.498. The van der Waals surface area contributed by atoms with E-state index >= 15 is 0 Å². The lowest BCUT2D eigenvalue weighted by Gasteiger charge is -2.12. The number of rotatable bonds is 4. The molecule has 3 heteroatoms. The van der Waals surface area contributed by atoms with Gasteiger partial charge >= 0.3 is 0 Å². The Kier molecular flexibility index (Phi) is 4.70. The van der Waals surface area contributed by atoms with Gasteiger partial charge in [-0.2, -0.15) is 0 Å². The average molecular weight is 325 g/mol. The van der Waals surface area contributed by atoms with Crippen LogP contribution in [-0.4, -0.2) is 0 Å². The summed E-state index contributed by atoms with van der Waals surface area (Å²) in [5.41, 5.74) is 2.72. The molecule has 0 N–H and O–H groups in total. The van der Waals surface area contributed by atoms with Gasteiger partial charge in [0.25, 0.3) is 0 Å². The van der Waals surface area contributed by atoms with E-state index in [1.54, 1.807) is 6.07 Å². The molecular formula is C16H15BrF2. The van der Waals surface area contributed by atoms with Crippen molar-refractivity contribution in [2.24, 2.45) is 0 Å². The van der Waals surface area contributed by atoms with Gasteiger partial charge in [-0.05, 0) is 35.6 Å². The van der Waals surface area contributed by atoms with Crippen LogP contribution in [0.5, 0.6) is 0 Å². The van der Waals surface area contributed by atoms with Gasteiger partial charge in [-0.25, -0.2) is 8.78 Å². The fourth-order valence-corrected chi connectivity index (χ4v) is 2.63. The van der Waals surface area contributed by atoms with E-state index in [2.05, 4.69) is 35.0 Å². The molecule has 0 heterocycles. The minimum absolute atomic E-state index is 0.0188. The molecule has 1 atom stereocenters. The maximum atomic E-state index is 13.6. The lowest BCUT2D eigenvalue weighted by atomic mass is 10.0. The molecule has 0 aliphatic heterocycles. The third kappa shape index (κ3) is 3.41. The summed E-state index contributed by atoms with van der Waals surface area (Å²) in [6.45, 7) is 2.10. The maximum absolute atomic E-state index is 13.6. The summed E-state index contributed by atoms with van der Waals surface area (Å²) in [4.78, 5) is -0.0188. The summed E-state index contributed by atoms with van der Waals surface area (Å²) in [5.74, 6) is -1.55. The largest absolute Gasteiger partial charge is 0.204 e. The van der Waals surface area contributed by atoms with Crippen LogP contribution < -0.4 is 0 Å². The summed E-state index contributed by atoms with van der Waals surface area (Å²) in [5, 5.41) is 0. The molecule has 1 unspecified atom stereocenters. The number of alkyl halides is 1. The molecule has 0 radical (unpaired) electrons. The molecule has 19 heavy (non-hydrogen) atoms. The average Bonchev–Trinajstić information content (AvgIpc) is 2.44. The minimum Gasteiger partial charge on any atom is -0.204 e. The Morgan fingerprint density at radius 1 is 1.05 bits per heavy atom. The summed E-state index contributed by atoms with van der Waals surface area (Å²) < 4.78 is 26.7. The molecule has 0 saturated carbocycles. The fraction of sp³-hybridized carbons (Fsp3) is 0.250. The highest BCUT2D eigenvalue weighted by atomic mass is 79.9. The van der Waals surface area contributed by atoms with Crippen molar-refractivity contribution in [3.8, 4) is 0 Å². The van der Waals surface area contributed by atoms with Crippen LogP contribution in [0.1, 0.15) is 28.4 Å². The first-order chi connectivity index (χ1) is 9.11. The highest BCUT2D eigenvalue weighted by molar-refractivity contribution is 9.09. The second kappa shape index (κ2) is 6.29. The summed E-state index contributed by atoms with van der Waals surface area (Å²) in [7, 11) is 0. The molecule has 0 aliphatic carbocycles. The predicted molar refractivity (Wildman–Crippen MR) is 77.6 cm³/mol. The molecule has 0 amide bonds. The minimum atomic E-state index is -0.793. The van der Waals surface area contributed by atoms with Gasteiger partial charge in [-0.3, -0.25) is 0 Å². The molecule has 0 saturated heterocycles. The molecule has 0 spiro atoms. The van der Waals surface area contributed by atoms with Gasteiger partial charge in [0.05, 0.1) is 0 Å². The number of hydrogen-bond donors (Lipinski definition) is 0. The Labute approximate surface area is 120 Å². The van der Waals surface area contributed by atoms with Crippen LogP contribution in [0.4, 0.5) is 8.78 Å². The van der Waals surface area contributed by atoms with Crippen molar-refractivity contribution in [3.63, 3.8) is 0 Å². The third-order valence-electron chi connectivity index (χ3n) is 3.18. The second-order valence-corrected chi connectivity index (χ2v) is 5.59. The smallest absolute Gasteiger partial charge is 0.162 e. The van der Waals surface area contributed by atoms with Crippen molar-refractivity contribution < 1.29 is 8.78 Å². The van der Waals surface area contributed by atoms with Crippen LogP contribution in [-0.2, 0) is 12.8 Å². The van der Waals surface area contributed by atoms with Gasteiger partial charge in [0.15, 0.2) is 11.6 Å². The molecule has 2 rings (SSSR count). The second-order valence-electron chi connectivity index (χ2n) is 4.48. The quantitative estimate of drug-likeness (QED) is 0.677. The van der Waals surface area contributed by atoms with Gasteiger partial charge in [0.1, 0.15) is 0 Å². The van der Waals surface area contributed by atoms with E-state index in [4.69, 9.17) is 0 Å². The lowest BCUT2D eigenvalue weighted by Crippen LogP contribution is -2.00. The highest BCUT2D eigenvalue weighted by Crippen LogP contribution is 2.28. The number of benzene rings is 2. The van der Waals surface area contributed by atoms with E-state index in [0.29, 0.717) is 12.0 Å². The van der Waals surface area contributed by atoms with Crippen LogP contribution in [0.3, 0.4) is 0 Å². The predicted octanol–water partition coefficient (Wildman–Crippen LogP) is 5.21. The Morgan fingerprint density at radius 2 is 1.74 bits per heavy atom. The molecule has 0 fully saturated rings. The Hall–Kier alpha value is -1.22. The first kappa shape index (κ1) is 14.2. The zero-order chi connectivity index (χ0) is 13.8. The van der Waals surface area contributed by atoms with Gasteiger partial charge in [-0.15, -0.1) is 0 Å². The van der Waals surface area contributed by atoms with Crippen LogP contribution in [0.15, 0.2) is 42.5 Å². The molecule has 100 valence electrons. The van der Waals surface area contributed by atoms with Crippen molar-refractivity contribution in [2.45, 2.75) is 24.6 Å². The molecule has 2 aromatic rings. The van der Waals surface area contributed by atoms with E-state index in [1.165, 1.54) is 11.6 Å². The standard InChI is InChI=1S/C16H15BrF2/c1-2-11-6-8-12(9-7-11)14(17)10-13-4-3-5-15(18)16(13)19/h3-9,14H,2,10H2,1H3. The molecular weight excluding hydrogens is 310 g/mol. The summed E-state index contributed by atoms with van der Waals surface area (Å²) >= 11 is 3.54. The van der Waals surface area contributed by atoms with E-state index < -0.39 is 11.6 Å². The van der Waals surface area contributed by atoms with Crippen molar-refractivity contribution in [1.82, 2.24) is 0 Å². The van der Waals surface area contributed by atoms with Gasteiger partial charge in [0.2, 0.25) is 0 Å². The first-order valence-corrected chi connectivity index (χ1v) is 7.19. The number of halogens is 3. The van der Waals surface area contributed by atoms with E-state index in [0.717, 1.165) is 18.1 Å². The topological polar surface area (TPSA) is 0 Å². The van der Waals surface area contributed by atoms with Gasteiger partial charge in [-0.1, -0.05) is 59.3 Å². The fourth-order valence-electron chi connectivity index (χ4n) is 1.98. The van der Waals surface area contributed by atoms with Crippen molar-refractivity contribution in [2.75, 3.05) is 0 Å². The molecule has 0 aromatic heterocycles. The van der Waals surface area contributed by atoms with E-state index in [-0.39, 0.29) is 4.83 Å². The first-order valence-electron chi connectivity index (χ1n) is 6.27. The maximum Gasteiger partial charge on any atom is 0.162 e. The normalized spacial score (nSPS) is 12.4. The van der Waals surface area contributed by atoms with Crippen LogP contribution >= 0.6 is 15.9 Å². The van der Waals surface area contributed by atoms with Crippen molar-refractivity contribution in [1.29, 1.82) is 0 Å². The zero-order valence-electron chi connectivity index (χ0n) is 10.7. The van der Waals surface area contributed by atoms with Crippen LogP contribution in [0.2, 0.25) is 0 Å². The highest BCUT2D eigenvalue weighted by Gasteiger charge is 2.13. The Bertz CT molecular complexity index is 549. The van der Waals surface area contributed by atoms with Crippen molar-refractivity contribution >= 4 is 15.9 Å². The number of aryl methyl sites for hydroxylation is 1. The Morgan fingerprint density at radius 3 is 2.37 bits per heavy atom. The van der Waals surface area contributed by atoms with Gasteiger partial charge < -0.3 is 0 Å². The van der Waals surface area contributed by atoms with Crippen LogP contribution in [0, 0.1) is 11.6 Å². The van der Waals surface area contributed by atoms with E-state index in [1.807, 2.05) is 12.1 Å². The summed E-state index contributed by atoms with van der Waals surface area (Å²) in [6, 6.07) is 12.5. The van der Waals surface area contributed by atoms with Gasteiger partial charge in [0, 0.05) is 4.83 Å². The third-order valence-corrected chi connectivity index (χ3v) is 4.03. The van der Waals surface area contributed by atoms with E-state index in [9.17, 15) is 8.78 Å². The molecule has 0 bridgehead atoms. The summed E-state index contributed by atoms with van der Waals surface area (Å²) in [6.07, 6.45) is 1.42. The number of hydrogen-bond acceptors (Lipinski definition) is 0. The van der Waals surface area contributed by atoms with Crippen LogP contribution in [0.25, 0.3) is 0 Å².